The van der Waals surface area contributed by atoms with Crippen molar-refractivity contribution in [1.29, 1.82) is 0 Å². The monoisotopic (exact) mass is 326 g/mol. The van der Waals surface area contributed by atoms with Crippen molar-refractivity contribution in [3.63, 3.8) is 0 Å². The van der Waals surface area contributed by atoms with Crippen LogP contribution in [0.25, 0.3) is 21.4 Å². The van der Waals surface area contributed by atoms with Crippen LogP contribution in [0.4, 0.5) is 0 Å². The molecule has 3 rings (SSSR count). The zero-order valence-electron chi connectivity index (χ0n) is 12.3. The molecule has 0 aliphatic rings. The van der Waals surface area contributed by atoms with Crippen LogP contribution in [0.1, 0.15) is 34.3 Å². The minimum absolute atomic E-state index is 0.00190. The number of hydrogen-bond acceptors (Lipinski definition) is 5. The molecule has 7 heteroatoms. The molecule has 0 fully saturated rings. The molecular weight excluding hydrogens is 312 g/mol. The van der Waals surface area contributed by atoms with Gasteiger partial charge >= 0.3 is 0 Å². The van der Waals surface area contributed by atoms with Gasteiger partial charge in [0.2, 0.25) is 0 Å². The molecule has 0 aliphatic carbocycles. The van der Waals surface area contributed by atoms with Crippen LogP contribution in [0.2, 0.25) is 0 Å². The van der Waals surface area contributed by atoms with Gasteiger partial charge in [0.25, 0.3) is 0 Å². The summed E-state index contributed by atoms with van der Waals surface area (Å²) in [6.45, 7) is 0.265. The molecule has 0 spiro atoms. The maximum Gasteiger partial charge on any atom is 0.191 e. The van der Waals surface area contributed by atoms with Gasteiger partial charge < -0.3 is 4.42 Å². The number of nitrogens with zero attached hydrogens (tertiary/aromatic N) is 4. The van der Waals surface area contributed by atoms with Crippen LogP contribution in [0, 0.1) is 0 Å². The zero-order chi connectivity index (χ0) is 16.1. The van der Waals surface area contributed by atoms with Gasteiger partial charge in [-0.1, -0.05) is 23.3 Å². The Balaban J connectivity index is 1.77. The minimum Gasteiger partial charge on any atom is -0.461 e. The third-order valence-corrected chi connectivity index (χ3v) is 4.42. The van der Waals surface area contributed by atoms with Gasteiger partial charge in [-0.05, 0) is 24.1 Å². The van der Waals surface area contributed by atoms with E-state index in [1.165, 1.54) is 11.3 Å². The summed E-state index contributed by atoms with van der Waals surface area (Å²) >= 11 is 1.33. The second-order valence-electron chi connectivity index (χ2n) is 5.10. The van der Waals surface area contributed by atoms with E-state index in [-0.39, 0.29) is 18.2 Å². The van der Waals surface area contributed by atoms with Crippen LogP contribution in [0.5, 0.6) is 0 Å². The molecule has 0 radical (unpaired) electrons. The van der Waals surface area contributed by atoms with Crippen molar-refractivity contribution >= 4 is 28.1 Å². The fourth-order valence-electron chi connectivity index (χ4n) is 2.44. The van der Waals surface area contributed by atoms with Crippen molar-refractivity contribution in [3.8, 4) is 0 Å². The van der Waals surface area contributed by atoms with Crippen molar-refractivity contribution < 1.29 is 9.21 Å². The van der Waals surface area contributed by atoms with Gasteiger partial charge in [0.05, 0.1) is 0 Å². The average Bonchev–Trinajstić information content (AvgIpc) is 3.24. The molecule has 1 aromatic carbocycles. The Bertz CT molecular complexity index is 817. The number of carbonyl (C=O) groups excluding carboxylic acids is 1. The molecule has 0 bridgehead atoms. The summed E-state index contributed by atoms with van der Waals surface area (Å²) in [5.74, 6) is 0.620. The smallest absolute Gasteiger partial charge is 0.191 e. The third kappa shape index (κ3) is 3.59. The van der Waals surface area contributed by atoms with Crippen LogP contribution in [0.3, 0.4) is 0 Å². The Labute approximate surface area is 136 Å². The second-order valence-corrected chi connectivity index (χ2v) is 5.99. The van der Waals surface area contributed by atoms with Crippen molar-refractivity contribution in [2.75, 3.05) is 6.54 Å². The van der Waals surface area contributed by atoms with Crippen LogP contribution in [-0.4, -0.2) is 17.3 Å². The minimum atomic E-state index is -0.123. The van der Waals surface area contributed by atoms with Gasteiger partial charge in [-0.25, -0.2) is 4.98 Å². The second kappa shape index (κ2) is 7.09. The van der Waals surface area contributed by atoms with Crippen LogP contribution in [-0.2, 0) is 0 Å². The number of azide groups is 1. The molecule has 2 heterocycles. The molecule has 6 nitrogen and oxygen atoms in total. The Morgan fingerprint density at radius 3 is 3.04 bits per heavy atom. The van der Waals surface area contributed by atoms with Crippen molar-refractivity contribution in [1.82, 2.24) is 4.98 Å². The van der Waals surface area contributed by atoms with Crippen molar-refractivity contribution in [2.24, 2.45) is 5.11 Å². The fraction of sp³-hybridized carbons (Fsp3) is 0.250. The first-order valence-electron chi connectivity index (χ1n) is 7.20. The third-order valence-electron chi connectivity index (χ3n) is 3.60. The fourth-order valence-corrected chi connectivity index (χ4v) is 3.04. The predicted molar refractivity (Wildman–Crippen MR) is 88.6 cm³/mol. The van der Waals surface area contributed by atoms with Crippen LogP contribution < -0.4 is 0 Å². The molecule has 116 valence electrons. The van der Waals surface area contributed by atoms with E-state index >= 15 is 0 Å². The summed E-state index contributed by atoms with van der Waals surface area (Å²) in [5, 5.41) is 6.95. The summed E-state index contributed by atoms with van der Waals surface area (Å²) in [4.78, 5) is 18.9. The van der Waals surface area contributed by atoms with Gasteiger partial charge in [0.1, 0.15) is 11.3 Å². The van der Waals surface area contributed by atoms with E-state index in [0.717, 1.165) is 16.7 Å². The van der Waals surface area contributed by atoms with E-state index in [0.29, 0.717) is 17.8 Å². The number of ketones is 1. The number of para-hydroxylation sites is 1. The largest absolute Gasteiger partial charge is 0.461 e. The van der Waals surface area contributed by atoms with E-state index in [9.17, 15) is 4.79 Å². The molecule has 1 atom stereocenters. The van der Waals surface area contributed by atoms with Gasteiger partial charge in [-0.15, -0.1) is 11.3 Å². The number of Topliss-reactive ketones (excluding diaryl/α,β-unsaturated/α-hetero) is 1. The number of carbonyl (C=O) groups is 1. The molecule has 0 N–H and O–H groups in total. The number of rotatable bonds is 7. The highest BCUT2D eigenvalue weighted by Crippen LogP contribution is 2.29. The van der Waals surface area contributed by atoms with E-state index in [1.54, 1.807) is 11.6 Å². The molecular formula is C16H14N4O2S. The lowest BCUT2D eigenvalue weighted by Gasteiger charge is -2.10. The summed E-state index contributed by atoms with van der Waals surface area (Å²) in [5.41, 5.74) is 9.37. The molecule has 23 heavy (non-hydrogen) atoms. The van der Waals surface area contributed by atoms with E-state index < -0.39 is 0 Å². The van der Waals surface area contributed by atoms with Crippen LogP contribution >= 0.6 is 11.3 Å². The SMILES string of the molecule is [N-]=[N+]=NCC(CCC(=O)c1nccs1)c1cc2ccccc2o1. The number of fused-ring (bicyclic) bond motifs is 1. The van der Waals surface area contributed by atoms with Crippen LogP contribution in [0.15, 0.2) is 51.4 Å². The predicted octanol–water partition coefficient (Wildman–Crippen LogP) is 4.95. The number of furan rings is 1. The lowest BCUT2D eigenvalue weighted by molar-refractivity contribution is 0.0976. The van der Waals surface area contributed by atoms with Crippen molar-refractivity contribution in [3.05, 3.63) is 63.1 Å². The number of hydrogen-bond donors (Lipinski definition) is 0. The molecule has 0 amide bonds. The quantitative estimate of drug-likeness (QED) is 0.266. The summed E-state index contributed by atoms with van der Waals surface area (Å²) < 4.78 is 5.84. The summed E-state index contributed by atoms with van der Waals surface area (Å²) in [6, 6.07) is 9.65. The van der Waals surface area contributed by atoms with E-state index in [2.05, 4.69) is 15.0 Å². The van der Waals surface area contributed by atoms with Gasteiger partial charge in [-0.2, -0.15) is 0 Å². The Morgan fingerprint density at radius 2 is 2.30 bits per heavy atom. The first kappa shape index (κ1) is 15.3. The topological polar surface area (TPSA) is 91.9 Å². The Morgan fingerprint density at radius 1 is 1.43 bits per heavy atom. The number of aromatic nitrogens is 1. The number of thiazole rings is 1. The molecule has 0 saturated heterocycles. The first-order chi connectivity index (χ1) is 11.3. The van der Waals surface area contributed by atoms with Gasteiger partial charge in [0, 0.05) is 40.8 Å². The normalized spacial score (nSPS) is 12.0. The molecule has 0 saturated carbocycles. The standard InChI is InChI=1S/C16H14N4O2S/c17-20-19-10-12(5-6-13(21)16-18-7-8-23-16)15-9-11-3-1-2-4-14(11)22-15/h1-4,7-9,12H,5-6,10H2. The molecule has 1 unspecified atom stereocenters. The highest BCUT2D eigenvalue weighted by atomic mass is 32.1. The molecule has 2 aromatic heterocycles. The number of benzene rings is 1. The Hall–Kier alpha value is -2.63. The summed E-state index contributed by atoms with van der Waals surface area (Å²) in [7, 11) is 0. The molecule has 3 aromatic rings. The van der Waals surface area contributed by atoms with E-state index in [4.69, 9.17) is 9.95 Å². The average molecular weight is 326 g/mol. The zero-order valence-corrected chi connectivity index (χ0v) is 13.1. The van der Waals surface area contributed by atoms with Crippen molar-refractivity contribution in [2.45, 2.75) is 18.8 Å². The highest BCUT2D eigenvalue weighted by Gasteiger charge is 2.18. The lowest BCUT2D eigenvalue weighted by Crippen LogP contribution is -2.06. The summed E-state index contributed by atoms with van der Waals surface area (Å²) in [6.07, 6.45) is 2.52. The van der Waals surface area contributed by atoms with Gasteiger partial charge in [0.15, 0.2) is 10.8 Å². The Kier molecular flexibility index (Phi) is 4.71. The maximum absolute atomic E-state index is 12.1. The lowest BCUT2D eigenvalue weighted by atomic mass is 9.98. The highest BCUT2D eigenvalue weighted by molar-refractivity contribution is 7.11. The first-order valence-corrected chi connectivity index (χ1v) is 8.08. The van der Waals surface area contributed by atoms with Gasteiger partial charge in [-0.3, -0.25) is 4.79 Å². The molecule has 0 aliphatic heterocycles. The maximum atomic E-state index is 12.1. The van der Waals surface area contributed by atoms with E-state index in [1.807, 2.05) is 30.3 Å².